The molecular formula is C26H26BrN3O. The van der Waals surface area contributed by atoms with Gasteiger partial charge in [-0.05, 0) is 61.0 Å². The minimum atomic E-state index is -0.218. The molecule has 0 spiro atoms. The van der Waals surface area contributed by atoms with Gasteiger partial charge in [0, 0.05) is 30.3 Å². The Morgan fingerprint density at radius 1 is 1.13 bits per heavy atom. The monoisotopic (exact) mass is 475 g/mol. The summed E-state index contributed by atoms with van der Waals surface area (Å²) in [6, 6.07) is 19.9. The number of aryl methyl sites for hydroxylation is 1. The van der Waals surface area contributed by atoms with Crippen LogP contribution in [0.2, 0.25) is 0 Å². The number of pyridine rings is 1. The average Bonchev–Trinajstić information content (AvgIpc) is 2.79. The summed E-state index contributed by atoms with van der Waals surface area (Å²) in [5.41, 5.74) is 4.56. The summed E-state index contributed by atoms with van der Waals surface area (Å²) in [6.07, 6.45) is 1.59. The minimum absolute atomic E-state index is 0.218. The van der Waals surface area contributed by atoms with Gasteiger partial charge < -0.3 is 9.64 Å². The number of hydrogen-bond acceptors (Lipinski definition) is 3. The maximum atomic E-state index is 6.22. The fraction of sp³-hybridized carbons (Fsp3) is 0.231. The first-order valence-electron chi connectivity index (χ1n) is 10.2. The van der Waals surface area contributed by atoms with E-state index in [-0.39, 0.29) is 6.10 Å². The topological polar surface area (TPSA) is 37.7 Å². The maximum Gasteiger partial charge on any atom is 0.228 e. The lowest BCUT2D eigenvalue weighted by Gasteiger charge is -2.17. The van der Waals surface area contributed by atoms with E-state index in [1.165, 1.54) is 0 Å². The molecule has 4 nitrogen and oxygen atoms in total. The number of rotatable bonds is 6. The molecule has 0 radical (unpaired) electrons. The highest BCUT2D eigenvalue weighted by molar-refractivity contribution is 9.10. The summed E-state index contributed by atoms with van der Waals surface area (Å²) < 4.78 is 6.99. The highest BCUT2D eigenvalue weighted by Crippen LogP contribution is 2.33. The van der Waals surface area contributed by atoms with Crippen molar-refractivity contribution < 1.29 is 4.74 Å². The second kappa shape index (κ2) is 10.8. The summed E-state index contributed by atoms with van der Waals surface area (Å²) >= 11 is 3.58. The number of aliphatic imine (C=N–C) groups is 1. The Kier molecular flexibility index (Phi) is 7.86. The van der Waals surface area contributed by atoms with Crippen molar-refractivity contribution in [1.82, 2.24) is 9.88 Å². The highest BCUT2D eigenvalue weighted by Gasteiger charge is 2.15. The molecule has 0 fully saturated rings. The van der Waals surface area contributed by atoms with Gasteiger partial charge in [0.05, 0.1) is 22.2 Å². The summed E-state index contributed by atoms with van der Waals surface area (Å²) in [4.78, 5) is 11.2. The van der Waals surface area contributed by atoms with Crippen LogP contribution in [0.1, 0.15) is 42.3 Å². The first-order chi connectivity index (χ1) is 15.0. The van der Waals surface area contributed by atoms with Gasteiger partial charge in [-0.1, -0.05) is 48.2 Å². The third kappa shape index (κ3) is 6.19. The van der Waals surface area contributed by atoms with Crippen LogP contribution in [0.3, 0.4) is 0 Å². The van der Waals surface area contributed by atoms with E-state index in [4.69, 9.17) is 4.74 Å². The molecule has 158 valence electrons. The van der Waals surface area contributed by atoms with Crippen molar-refractivity contribution in [2.45, 2.75) is 26.9 Å². The van der Waals surface area contributed by atoms with Crippen LogP contribution in [0.25, 0.3) is 0 Å². The van der Waals surface area contributed by atoms with E-state index in [1.54, 1.807) is 6.34 Å². The minimum Gasteiger partial charge on any atom is -0.469 e. The highest BCUT2D eigenvalue weighted by atomic mass is 79.9. The van der Waals surface area contributed by atoms with Gasteiger partial charge in [0.2, 0.25) is 5.88 Å². The molecule has 1 aromatic heterocycles. The van der Waals surface area contributed by atoms with E-state index in [2.05, 4.69) is 44.7 Å². The Morgan fingerprint density at radius 3 is 2.58 bits per heavy atom. The molecule has 3 rings (SSSR count). The summed E-state index contributed by atoms with van der Waals surface area (Å²) in [7, 11) is 1.98. The van der Waals surface area contributed by atoms with Gasteiger partial charge in [-0.15, -0.1) is 0 Å². The summed E-state index contributed by atoms with van der Waals surface area (Å²) in [5.74, 6) is 7.04. The van der Waals surface area contributed by atoms with E-state index < -0.39 is 0 Å². The fourth-order valence-electron chi connectivity index (χ4n) is 2.86. The molecule has 2 aromatic carbocycles. The van der Waals surface area contributed by atoms with Crippen LogP contribution in [-0.2, 0) is 0 Å². The Balaban J connectivity index is 1.82. The molecule has 0 bridgehead atoms. The Labute approximate surface area is 193 Å². The number of ether oxygens (including phenoxy) is 1. The van der Waals surface area contributed by atoms with Gasteiger partial charge in [-0.25, -0.2) is 9.98 Å². The van der Waals surface area contributed by atoms with Crippen molar-refractivity contribution in [1.29, 1.82) is 0 Å². The number of aromatic nitrogens is 1. The van der Waals surface area contributed by atoms with Crippen LogP contribution < -0.4 is 4.74 Å². The van der Waals surface area contributed by atoms with Crippen molar-refractivity contribution in [3.63, 3.8) is 0 Å². The first-order valence-corrected chi connectivity index (χ1v) is 11.0. The molecule has 0 aliphatic heterocycles. The normalized spacial score (nSPS) is 11.6. The zero-order chi connectivity index (χ0) is 22.2. The molecule has 0 saturated heterocycles. The third-order valence-corrected chi connectivity index (χ3v) is 5.37. The van der Waals surface area contributed by atoms with E-state index in [1.807, 2.05) is 86.5 Å². The summed E-state index contributed by atoms with van der Waals surface area (Å²) in [5, 5.41) is 0. The van der Waals surface area contributed by atoms with E-state index in [0.29, 0.717) is 5.88 Å². The first kappa shape index (κ1) is 22.6. The van der Waals surface area contributed by atoms with Crippen LogP contribution >= 0.6 is 15.9 Å². The lowest BCUT2D eigenvalue weighted by molar-refractivity contribution is 0.215. The molecule has 1 heterocycles. The molecule has 3 aromatic rings. The van der Waals surface area contributed by atoms with Crippen molar-refractivity contribution in [2.24, 2.45) is 4.99 Å². The molecule has 0 aliphatic rings. The molecular weight excluding hydrogens is 450 g/mol. The second-order valence-electron chi connectivity index (χ2n) is 7.16. The van der Waals surface area contributed by atoms with Crippen molar-refractivity contribution in [2.75, 3.05) is 13.6 Å². The number of nitrogens with zero attached hydrogens (tertiary/aromatic N) is 3. The van der Waals surface area contributed by atoms with Crippen molar-refractivity contribution in [3.05, 3.63) is 87.5 Å². The van der Waals surface area contributed by atoms with E-state index in [0.717, 1.165) is 39.1 Å². The molecule has 1 atom stereocenters. The van der Waals surface area contributed by atoms with Crippen LogP contribution in [0, 0.1) is 18.8 Å². The molecule has 5 heteroatoms. The Hall–Kier alpha value is -3.10. The molecule has 31 heavy (non-hydrogen) atoms. The zero-order valence-corrected chi connectivity index (χ0v) is 19.8. The average molecular weight is 476 g/mol. The zero-order valence-electron chi connectivity index (χ0n) is 18.3. The lowest BCUT2D eigenvalue weighted by atomic mass is 10.0. The number of benzene rings is 2. The van der Waals surface area contributed by atoms with Gasteiger partial charge in [0.1, 0.15) is 6.10 Å². The van der Waals surface area contributed by atoms with Gasteiger partial charge in [0.25, 0.3) is 0 Å². The fourth-order valence-corrected chi connectivity index (χ4v) is 3.26. The standard InChI is InChI=1S/C26H26BrN3O/c1-5-30(4)18-28-25-17-24(27)26(29-19(25)2)31-20(3)23-14-10-9-13-22(23)16-15-21-11-7-6-8-12-21/h6-14,17-18,20H,5H2,1-4H3. The maximum absolute atomic E-state index is 6.22. The van der Waals surface area contributed by atoms with Crippen LogP contribution in [0.5, 0.6) is 5.88 Å². The van der Waals surface area contributed by atoms with E-state index >= 15 is 0 Å². The molecule has 0 saturated carbocycles. The third-order valence-electron chi connectivity index (χ3n) is 4.80. The summed E-state index contributed by atoms with van der Waals surface area (Å²) in [6.45, 7) is 6.91. The van der Waals surface area contributed by atoms with Crippen LogP contribution in [0.15, 0.2) is 70.1 Å². The van der Waals surface area contributed by atoms with Crippen LogP contribution in [-0.4, -0.2) is 29.8 Å². The molecule has 0 N–H and O–H groups in total. The second-order valence-corrected chi connectivity index (χ2v) is 8.02. The molecule has 1 unspecified atom stereocenters. The lowest BCUT2D eigenvalue weighted by Crippen LogP contribution is -2.14. The van der Waals surface area contributed by atoms with Gasteiger partial charge in [0.15, 0.2) is 0 Å². The quantitative estimate of drug-likeness (QED) is 0.238. The predicted octanol–water partition coefficient (Wildman–Crippen LogP) is 6.30. The molecule has 0 aliphatic carbocycles. The SMILES string of the molecule is CCN(C)C=Nc1cc(Br)c(OC(C)c2ccccc2C#Cc2ccccc2)nc1C. The largest absolute Gasteiger partial charge is 0.469 e. The van der Waals surface area contributed by atoms with Gasteiger partial charge in [-0.2, -0.15) is 0 Å². The van der Waals surface area contributed by atoms with Crippen LogP contribution in [0.4, 0.5) is 5.69 Å². The molecule has 0 amide bonds. The van der Waals surface area contributed by atoms with Crippen molar-refractivity contribution in [3.8, 4) is 17.7 Å². The number of hydrogen-bond donors (Lipinski definition) is 0. The predicted molar refractivity (Wildman–Crippen MR) is 131 cm³/mol. The smallest absolute Gasteiger partial charge is 0.228 e. The van der Waals surface area contributed by atoms with Gasteiger partial charge in [-0.3, -0.25) is 0 Å². The number of halogens is 1. The van der Waals surface area contributed by atoms with Gasteiger partial charge >= 0.3 is 0 Å². The van der Waals surface area contributed by atoms with E-state index in [9.17, 15) is 0 Å². The Morgan fingerprint density at radius 2 is 1.84 bits per heavy atom. The van der Waals surface area contributed by atoms with Crippen molar-refractivity contribution >= 4 is 28.0 Å². The Bertz CT molecular complexity index is 1120.